The molecule has 0 spiro atoms. The molecule has 3 heterocycles. The van der Waals surface area contributed by atoms with E-state index in [-0.39, 0.29) is 23.6 Å². The van der Waals surface area contributed by atoms with Crippen molar-refractivity contribution in [2.45, 2.75) is 13.8 Å². The Morgan fingerprint density at radius 1 is 1.13 bits per heavy atom. The summed E-state index contributed by atoms with van der Waals surface area (Å²) in [6.45, 7) is 5.72. The summed E-state index contributed by atoms with van der Waals surface area (Å²) in [5.74, 6) is -0.495. The number of amides is 1. The summed E-state index contributed by atoms with van der Waals surface area (Å²) in [4.78, 5) is 42.3. The van der Waals surface area contributed by atoms with Gasteiger partial charge in [-0.3, -0.25) is 9.59 Å². The highest BCUT2D eigenvalue weighted by molar-refractivity contribution is 6.05. The van der Waals surface area contributed by atoms with Crippen LogP contribution in [0.25, 0.3) is 10.9 Å². The maximum absolute atomic E-state index is 13.1. The number of anilines is 1. The average Bonchev–Trinajstić information content (AvgIpc) is 3.30. The zero-order chi connectivity index (χ0) is 22.1. The lowest BCUT2D eigenvalue weighted by atomic mass is 10.0. The lowest BCUT2D eigenvalue weighted by Crippen LogP contribution is -2.49. The van der Waals surface area contributed by atoms with Crippen molar-refractivity contribution >= 4 is 28.5 Å². The van der Waals surface area contributed by atoms with E-state index in [1.54, 1.807) is 31.0 Å². The van der Waals surface area contributed by atoms with Crippen LogP contribution in [0.3, 0.4) is 0 Å². The molecule has 1 amide bonds. The minimum absolute atomic E-state index is 0.0354. The van der Waals surface area contributed by atoms with Gasteiger partial charge in [0.2, 0.25) is 0 Å². The second-order valence-corrected chi connectivity index (χ2v) is 7.59. The maximum Gasteiger partial charge on any atom is 0.345 e. The number of piperazine rings is 1. The van der Waals surface area contributed by atoms with Crippen LogP contribution in [0.1, 0.15) is 33.4 Å². The molecule has 3 aromatic rings. The molecule has 31 heavy (non-hydrogen) atoms. The first-order valence-corrected chi connectivity index (χ1v) is 10.3. The van der Waals surface area contributed by atoms with Gasteiger partial charge in [0.05, 0.1) is 24.1 Å². The third-order valence-electron chi connectivity index (χ3n) is 5.62. The van der Waals surface area contributed by atoms with E-state index < -0.39 is 5.97 Å². The van der Waals surface area contributed by atoms with Gasteiger partial charge in [0.25, 0.3) is 11.5 Å². The Morgan fingerprint density at radius 3 is 2.52 bits per heavy atom. The molecule has 0 N–H and O–H groups in total. The second-order valence-electron chi connectivity index (χ2n) is 7.59. The van der Waals surface area contributed by atoms with Crippen molar-refractivity contribution in [2.24, 2.45) is 7.05 Å². The van der Waals surface area contributed by atoms with E-state index in [0.29, 0.717) is 37.6 Å². The van der Waals surface area contributed by atoms with Crippen LogP contribution < -0.4 is 10.5 Å². The minimum atomic E-state index is -0.629. The van der Waals surface area contributed by atoms with Gasteiger partial charge < -0.3 is 23.5 Å². The van der Waals surface area contributed by atoms with E-state index in [2.05, 4.69) is 0 Å². The topological polar surface area (TPSA) is 85.0 Å². The third-order valence-corrected chi connectivity index (χ3v) is 5.62. The Hall–Kier alpha value is -3.55. The van der Waals surface area contributed by atoms with E-state index in [4.69, 9.17) is 9.15 Å². The smallest absolute Gasteiger partial charge is 0.345 e. The highest BCUT2D eigenvalue weighted by atomic mass is 16.5. The fourth-order valence-electron chi connectivity index (χ4n) is 4.05. The fraction of sp³-hybridized carbons (Fsp3) is 0.348. The Balaban J connectivity index is 1.76. The van der Waals surface area contributed by atoms with Crippen molar-refractivity contribution in [3.05, 3.63) is 63.8 Å². The molecule has 4 rings (SSSR count). The van der Waals surface area contributed by atoms with Gasteiger partial charge >= 0.3 is 5.97 Å². The molecule has 0 aliphatic carbocycles. The zero-order valence-corrected chi connectivity index (χ0v) is 17.9. The van der Waals surface area contributed by atoms with Crippen LogP contribution >= 0.6 is 0 Å². The molecular weight excluding hydrogens is 398 g/mol. The quantitative estimate of drug-likeness (QED) is 0.600. The molecule has 0 radical (unpaired) electrons. The summed E-state index contributed by atoms with van der Waals surface area (Å²) in [6.07, 6.45) is 1.48. The normalized spacial score (nSPS) is 14.2. The molecule has 1 aromatic carbocycles. The standard InChI is InChI=1S/C23H25N3O5/c1-4-30-23(29)19-20(16-14-15(2)7-8-17(16)24(3)22(19)28)25-9-11-26(12-10-25)21(27)18-6-5-13-31-18/h5-8,13-14H,4,9-12H2,1-3H3. The van der Waals surface area contributed by atoms with Crippen molar-refractivity contribution in [3.63, 3.8) is 0 Å². The predicted molar refractivity (Wildman–Crippen MR) is 117 cm³/mol. The number of hydrogen-bond acceptors (Lipinski definition) is 6. The number of benzene rings is 1. The predicted octanol–water partition coefficient (Wildman–Crippen LogP) is 2.58. The van der Waals surface area contributed by atoms with Gasteiger partial charge in [-0.1, -0.05) is 11.6 Å². The van der Waals surface area contributed by atoms with Gasteiger partial charge in [0.1, 0.15) is 5.56 Å². The molecule has 1 aliphatic rings. The molecule has 1 aliphatic heterocycles. The molecule has 8 heteroatoms. The molecule has 1 saturated heterocycles. The van der Waals surface area contributed by atoms with Crippen LogP contribution in [0, 0.1) is 6.92 Å². The number of rotatable bonds is 4. The summed E-state index contributed by atoms with van der Waals surface area (Å²) in [5.41, 5.74) is 1.99. The van der Waals surface area contributed by atoms with E-state index in [1.807, 2.05) is 30.0 Å². The van der Waals surface area contributed by atoms with Crippen LogP contribution in [0.4, 0.5) is 5.69 Å². The number of furan rings is 1. The SMILES string of the molecule is CCOC(=O)c1c(N2CCN(C(=O)c3ccco3)CC2)c2cc(C)ccc2n(C)c1=O. The zero-order valence-electron chi connectivity index (χ0n) is 17.9. The third kappa shape index (κ3) is 3.69. The van der Waals surface area contributed by atoms with Crippen molar-refractivity contribution < 1.29 is 18.7 Å². The van der Waals surface area contributed by atoms with E-state index in [1.165, 1.54) is 10.8 Å². The highest BCUT2D eigenvalue weighted by Crippen LogP contribution is 2.31. The molecule has 8 nitrogen and oxygen atoms in total. The van der Waals surface area contributed by atoms with Gasteiger partial charge in [-0.2, -0.15) is 0 Å². The number of hydrogen-bond donors (Lipinski definition) is 0. The van der Waals surface area contributed by atoms with Gasteiger partial charge in [-0.15, -0.1) is 0 Å². The number of carbonyl (C=O) groups excluding carboxylic acids is 2. The van der Waals surface area contributed by atoms with Crippen LogP contribution in [0.15, 0.2) is 45.8 Å². The molecule has 0 atom stereocenters. The highest BCUT2D eigenvalue weighted by Gasteiger charge is 2.30. The lowest BCUT2D eigenvalue weighted by Gasteiger charge is -2.37. The molecular formula is C23H25N3O5. The maximum atomic E-state index is 13.1. The van der Waals surface area contributed by atoms with Crippen LogP contribution in [0.5, 0.6) is 0 Å². The van der Waals surface area contributed by atoms with E-state index in [0.717, 1.165) is 16.5 Å². The number of carbonyl (C=O) groups is 2. The van der Waals surface area contributed by atoms with Crippen LogP contribution in [-0.4, -0.2) is 54.1 Å². The Bertz CT molecular complexity index is 1190. The molecule has 162 valence electrons. The van der Waals surface area contributed by atoms with Gasteiger partial charge in [-0.25, -0.2) is 4.79 Å². The van der Waals surface area contributed by atoms with E-state index in [9.17, 15) is 14.4 Å². The van der Waals surface area contributed by atoms with Gasteiger partial charge in [0, 0.05) is 38.6 Å². The Morgan fingerprint density at radius 2 is 1.87 bits per heavy atom. The monoisotopic (exact) mass is 423 g/mol. The summed E-state index contributed by atoms with van der Waals surface area (Å²) in [6, 6.07) is 9.14. The van der Waals surface area contributed by atoms with Gasteiger partial charge in [-0.05, 0) is 38.1 Å². The van der Waals surface area contributed by atoms with Crippen molar-refractivity contribution in [3.8, 4) is 0 Å². The van der Waals surface area contributed by atoms with Crippen molar-refractivity contribution in [1.82, 2.24) is 9.47 Å². The molecule has 0 unspecified atom stereocenters. The molecule has 0 bridgehead atoms. The van der Waals surface area contributed by atoms with Gasteiger partial charge in [0.15, 0.2) is 5.76 Å². The van der Waals surface area contributed by atoms with E-state index >= 15 is 0 Å². The second kappa shape index (κ2) is 8.29. The number of aryl methyl sites for hydroxylation is 2. The molecule has 1 fully saturated rings. The lowest BCUT2D eigenvalue weighted by molar-refractivity contribution is 0.0523. The number of nitrogens with zero attached hydrogens (tertiary/aromatic N) is 3. The van der Waals surface area contributed by atoms with Crippen molar-refractivity contribution in [2.75, 3.05) is 37.7 Å². The number of fused-ring (bicyclic) bond motifs is 1. The van der Waals surface area contributed by atoms with Crippen LogP contribution in [-0.2, 0) is 11.8 Å². The number of ether oxygens (including phenoxy) is 1. The van der Waals surface area contributed by atoms with Crippen LogP contribution in [0.2, 0.25) is 0 Å². The van der Waals surface area contributed by atoms with Crippen molar-refractivity contribution in [1.29, 1.82) is 0 Å². The fourth-order valence-corrected chi connectivity index (χ4v) is 4.05. The number of pyridine rings is 1. The summed E-state index contributed by atoms with van der Waals surface area (Å²) < 4.78 is 11.9. The first-order chi connectivity index (χ1) is 14.9. The summed E-state index contributed by atoms with van der Waals surface area (Å²) in [7, 11) is 1.66. The average molecular weight is 423 g/mol. The number of esters is 1. The first-order valence-electron chi connectivity index (χ1n) is 10.3. The minimum Gasteiger partial charge on any atom is -0.462 e. The Labute approximate surface area is 179 Å². The first kappa shape index (κ1) is 20.7. The Kier molecular flexibility index (Phi) is 5.54. The summed E-state index contributed by atoms with van der Waals surface area (Å²) >= 11 is 0. The molecule has 0 saturated carbocycles. The molecule has 2 aromatic heterocycles. The number of aromatic nitrogens is 1. The summed E-state index contributed by atoms with van der Waals surface area (Å²) in [5, 5.41) is 0.816. The largest absolute Gasteiger partial charge is 0.462 e.